The van der Waals surface area contributed by atoms with E-state index in [4.69, 9.17) is 4.74 Å². The Labute approximate surface area is 132 Å². The van der Waals surface area contributed by atoms with Gasteiger partial charge in [-0.05, 0) is 44.4 Å². The number of para-hydroxylation sites is 1. The second-order valence-electron chi connectivity index (χ2n) is 6.14. The monoisotopic (exact) mass is 299 g/mol. The predicted molar refractivity (Wildman–Crippen MR) is 88.2 cm³/mol. The minimum absolute atomic E-state index is 0.351. The van der Waals surface area contributed by atoms with Gasteiger partial charge < -0.3 is 9.64 Å². The Morgan fingerprint density at radius 3 is 2.55 bits per heavy atom. The van der Waals surface area contributed by atoms with Crippen molar-refractivity contribution in [3.05, 3.63) is 47.8 Å². The first-order valence-electron chi connectivity index (χ1n) is 8.15. The number of hydrogen-bond acceptors (Lipinski definition) is 3. The molecular formula is C18H25N3O. The van der Waals surface area contributed by atoms with Crippen molar-refractivity contribution in [2.24, 2.45) is 0 Å². The van der Waals surface area contributed by atoms with Gasteiger partial charge in [-0.2, -0.15) is 5.10 Å². The van der Waals surface area contributed by atoms with Crippen LogP contribution in [0.2, 0.25) is 0 Å². The van der Waals surface area contributed by atoms with Crippen molar-refractivity contribution in [1.29, 1.82) is 0 Å². The van der Waals surface area contributed by atoms with Crippen molar-refractivity contribution in [2.45, 2.75) is 39.3 Å². The number of piperidine rings is 1. The highest BCUT2D eigenvalue weighted by molar-refractivity contribution is 5.31. The zero-order valence-corrected chi connectivity index (χ0v) is 13.5. The fraction of sp³-hybridized carbons (Fsp3) is 0.500. The molecule has 0 bridgehead atoms. The topological polar surface area (TPSA) is 30.3 Å². The highest BCUT2D eigenvalue weighted by Crippen LogP contribution is 2.22. The van der Waals surface area contributed by atoms with E-state index in [-0.39, 0.29) is 0 Å². The molecule has 3 rings (SSSR count). The van der Waals surface area contributed by atoms with Crippen molar-refractivity contribution in [3.63, 3.8) is 0 Å². The lowest BCUT2D eigenvalue weighted by Gasteiger charge is -2.32. The molecular weight excluding hydrogens is 274 g/mol. The number of aryl methyl sites for hydroxylation is 2. The number of benzene rings is 1. The molecule has 1 fully saturated rings. The fourth-order valence-corrected chi connectivity index (χ4v) is 2.95. The maximum Gasteiger partial charge on any atom is 0.122 e. The molecule has 1 aromatic heterocycles. The lowest BCUT2D eigenvalue weighted by atomic mass is 10.1. The van der Waals surface area contributed by atoms with Gasteiger partial charge in [0.25, 0.3) is 0 Å². The van der Waals surface area contributed by atoms with Crippen molar-refractivity contribution < 1.29 is 4.74 Å². The van der Waals surface area contributed by atoms with E-state index < -0.39 is 0 Å². The van der Waals surface area contributed by atoms with Crippen LogP contribution >= 0.6 is 0 Å². The van der Waals surface area contributed by atoms with Crippen molar-refractivity contribution in [1.82, 2.24) is 14.7 Å². The van der Waals surface area contributed by atoms with E-state index in [9.17, 15) is 0 Å². The molecule has 0 amide bonds. The third kappa shape index (κ3) is 3.89. The number of rotatable bonds is 5. The van der Waals surface area contributed by atoms with Crippen LogP contribution in [0.4, 0.5) is 0 Å². The first-order chi connectivity index (χ1) is 10.7. The Kier molecular flexibility index (Phi) is 4.78. The summed E-state index contributed by atoms with van der Waals surface area (Å²) in [5.74, 6) is 1.04. The maximum absolute atomic E-state index is 6.16. The summed E-state index contributed by atoms with van der Waals surface area (Å²) in [4.78, 5) is 2.51. The van der Waals surface area contributed by atoms with Gasteiger partial charge in [0.1, 0.15) is 11.9 Å². The predicted octanol–water partition coefficient (Wildman–Crippen LogP) is 3.04. The molecule has 0 aliphatic carbocycles. The van der Waals surface area contributed by atoms with E-state index in [0.717, 1.165) is 50.5 Å². The van der Waals surface area contributed by atoms with E-state index in [0.29, 0.717) is 6.10 Å². The molecule has 118 valence electrons. The number of hydrogen-bond donors (Lipinski definition) is 0. The van der Waals surface area contributed by atoms with Gasteiger partial charge in [-0.25, -0.2) is 0 Å². The Bertz CT molecular complexity index is 600. The zero-order valence-electron chi connectivity index (χ0n) is 13.5. The molecule has 1 aliphatic rings. The third-order valence-electron chi connectivity index (χ3n) is 4.34. The number of ether oxygens (including phenoxy) is 1. The summed E-state index contributed by atoms with van der Waals surface area (Å²) in [5, 5.41) is 4.44. The Balaban J connectivity index is 1.43. The summed E-state index contributed by atoms with van der Waals surface area (Å²) >= 11 is 0. The van der Waals surface area contributed by atoms with Crippen LogP contribution in [0, 0.1) is 13.8 Å². The van der Waals surface area contributed by atoms with Crippen LogP contribution in [-0.4, -0.2) is 40.4 Å². The van der Waals surface area contributed by atoms with Crippen molar-refractivity contribution in [3.8, 4) is 5.75 Å². The van der Waals surface area contributed by atoms with Crippen LogP contribution in [0.15, 0.2) is 36.5 Å². The molecule has 0 unspecified atom stereocenters. The Morgan fingerprint density at radius 1 is 1.09 bits per heavy atom. The molecule has 22 heavy (non-hydrogen) atoms. The first-order valence-corrected chi connectivity index (χ1v) is 8.15. The van der Waals surface area contributed by atoms with Crippen LogP contribution in [0.1, 0.15) is 24.1 Å². The van der Waals surface area contributed by atoms with Gasteiger partial charge in [-0.1, -0.05) is 18.2 Å². The molecule has 1 aromatic carbocycles. The van der Waals surface area contributed by atoms with Gasteiger partial charge in [0, 0.05) is 25.8 Å². The number of likely N-dealkylation sites (tertiary alicyclic amines) is 1. The van der Waals surface area contributed by atoms with Gasteiger partial charge in [-0.15, -0.1) is 0 Å². The normalized spacial score (nSPS) is 16.8. The zero-order chi connectivity index (χ0) is 15.4. The molecule has 0 radical (unpaired) electrons. The lowest BCUT2D eigenvalue weighted by molar-refractivity contribution is 0.0974. The third-order valence-corrected chi connectivity index (χ3v) is 4.34. The molecule has 2 aromatic rings. The van der Waals surface area contributed by atoms with Gasteiger partial charge in [-0.3, -0.25) is 4.68 Å². The summed E-state index contributed by atoms with van der Waals surface area (Å²) in [5.41, 5.74) is 2.31. The van der Waals surface area contributed by atoms with Crippen LogP contribution in [0.25, 0.3) is 0 Å². The van der Waals surface area contributed by atoms with Gasteiger partial charge in [0.15, 0.2) is 0 Å². The Hall–Kier alpha value is -1.81. The smallest absolute Gasteiger partial charge is 0.122 e. The van der Waals surface area contributed by atoms with E-state index >= 15 is 0 Å². The van der Waals surface area contributed by atoms with Gasteiger partial charge in [0.05, 0.1) is 12.2 Å². The largest absolute Gasteiger partial charge is 0.490 e. The molecule has 2 heterocycles. The van der Waals surface area contributed by atoms with E-state index in [1.54, 1.807) is 0 Å². The van der Waals surface area contributed by atoms with E-state index in [2.05, 4.69) is 47.4 Å². The Morgan fingerprint density at radius 2 is 1.86 bits per heavy atom. The summed E-state index contributed by atoms with van der Waals surface area (Å²) < 4.78 is 8.19. The van der Waals surface area contributed by atoms with Gasteiger partial charge in [0.2, 0.25) is 0 Å². The minimum Gasteiger partial charge on any atom is -0.490 e. The van der Waals surface area contributed by atoms with Gasteiger partial charge >= 0.3 is 0 Å². The molecule has 4 nitrogen and oxygen atoms in total. The SMILES string of the molecule is Cc1ccn(CCN2CCC(Oc3ccccc3C)CC2)n1. The fourth-order valence-electron chi connectivity index (χ4n) is 2.95. The molecule has 0 spiro atoms. The summed E-state index contributed by atoms with van der Waals surface area (Å²) in [6.45, 7) is 8.39. The maximum atomic E-state index is 6.16. The average Bonchev–Trinajstić information content (AvgIpc) is 2.94. The number of nitrogens with zero attached hydrogens (tertiary/aromatic N) is 3. The average molecular weight is 299 g/mol. The van der Waals surface area contributed by atoms with Crippen LogP contribution < -0.4 is 4.74 Å². The first kappa shape index (κ1) is 15.1. The lowest BCUT2D eigenvalue weighted by Crippen LogP contribution is -2.39. The quantitative estimate of drug-likeness (QED) is 0.850. The summed E-state index contributed by atoms with van der Waals surface area (Å²) in [7, 11) is 0. The second kappa shape index (κ2) is 6.97. The summed E-state index contributed by atoms with van der Waals surface area (Å²) in [6, 6.07) is 10.3. The van der Waals surface area contributed by atoms with Crippen LogP contribution in [0.3, 0.4) is 0 Å². The molecule has 0 atom stereocenters. The molecule has 4 heteroatoms. The van der Waals surface area contributed by atoms with E-state index in [1.807, 2.05) is 17.7 Å². The number of aromatic nitrogens is 2. The van der Waals surface area contributed by atoms with Crippen LogP contribution in [-0.2, 0) is 6.54 Å². The van der Waals surface area contributed by atoms with Crippen molar-refractivity contribution in [2.75, 3.05) is 19.6 Å². The van der Waals surface area contributed by atoms with Crippen LogP contribution in [0.5, 0.6) is 5.75 Å². The summed E-state index contributed by atoms with van der Waals surface area (Å²) in [6.07, 6.45) is 4.62. The second-order valence-corrected chi connectivity index (χ2v) is 6.14. The minimum atomic E-state index is 0.351. The standard InChI is InChI=1S/C18H25N3O/c1-15-5-3-4-6-18(15)22-17-8-10-20(11-9-17)13-14-21-12-7-16(2)19-21/h3-7,12,17H,8-11,13-14H2,1-2H3. The molecule has 0 N–H and O–H groups in total. The molecule has 0 saturated carbocycles. The highest BCUT2D eigenvalue weighted by atomic mass is 16.5. The van der Waals surface area contributed by atoms with E-state index in [1.165, 1.54) is 5.56 Å². The highest BCUT2D eigenvalue weighted by Gasteiger charge is 2.20. The van der Waals surface area contributed by atoms with Crippen molar-refractivity contribution >= 4 is 0 Å². The molecule has 1 saturated heterocycles. The molecule has 1 aliphatic heterocycles.